The molecule has 1 N–H and O–H groups in total. The van der Waals surface area contributed by atoms with Gasteiger partial charge in [0.2, 0.25) is 0 Å². The van der Waals surface area contributed by atoms with Crippen molar-refractivity contribution in [2.24, 2.45) is 17.3 Å². The monoisotopic (exact) mass is 353 g/mol. The number of benzene rings is 1. The first-order chi connectivity index (χ1) is 12.2. The predicted octanol–water partition coefficient (Wildman–Crippen LogP) is 6.79. The lowest BCUT2D eigenvalue weighted by Crippen LogP contribution is -2.41. The van der Waals surface area contributed by atoms with Crippen molar-refractivity contribution < 1.29 is 0 Å². The Morgan fingerprint density at radius 3 is 2.38 bits per heavy atom. The van der Waals surface area contributed by atoms with Crippen LogP contribution in [-0.2, 0) is 0 Å². The van der Waals surface area contributed by atoms with E-state index in [-0.39, 0.29) is 0 Å². The number of aryl methyl sites for hydroxylation is 1. The van der Waals surface area contributed by atoms with Crippen molar-refractivity contribution in [2.75, 3.05) is 13.1 Å². The van der Waals surface area contributed by atoms with Crippen LogP contribution in [0, 0.1) is 24.2 Å². The molecule has 1 heteroatoms. The molecule has 144 valence electrons. The minimum atomic E-state index is 0.308. The fourth-order valence-electron chi connectivity index (χ4n) is 3.75. The standard InChI is InChI=1S/C25H39N/c1-18(2)24(23-11-9-8-10-20(23)4)15-21(5)25(6,7)13-12-19(3)14-22-16-26-17-22/h8-12,21-22,26H,13-17H2,1-7H3/b19-12+. The summed E-state index contributed by atoms with van der Waals surface area (Å²) >= 11 is 0. The van der Waals surface area contributed by atoms with Crippen molar-refractivity contribution in [1.29, 1.82) is 0 Å². The van der Waals surface area contributed by atoms with Gasteiger partial charge in [0.25, 0.3) is 0 Å². The third-order valence-corrected chi connectivity index (χ3v) is 6.37. The first kappa shape index (κ1) is 21.0. The van der Waals surface area contributed by atoms with Gasteiger partial charge < -0.3 is 5.32 Å². The Hall–Kier alpha value is -1.34. The maximum atomic E-state index is 3.38. The molecule has 0 aromatic heterocycles. The summed E-state index contributed by atoms with van der Waals surface area (Å²) in [5.41, 5.74) is 7.68. The van der Waals surface area contributed by atoms with Crippen molar-refractivity contribution in [3.05, 3.63) is 52.6 Å². The molecule has 2 rings (SSSR count). The van der Waals surface area contributed by atoms with Crippen molar-refractivity contribution in [1.82, 2.24) is 5.32 Å². The maximum Gasteiger partial charge on any atom is -0.000518 e. The maximum absolute atomic E-state index is 3.38. The van der Waals surface area contributed by atoms with E-state index in [2.05, 4.69) is 84.1 Å². The highest BCUT2D eigenvalue weighted by molar-refractivity contribution is 5.70. The third-order valence-electron chi connectivity index (χ3n) is 6.37. The Kier molecular flexibility index (Phi) is 7.29. The van der Waals surface area contributed by atoms with Gasteiger partial charge in [-0.2, -0.15) is 0 Å². The molecule has 0 radical (unpaired) electrons. The summed E-state index contributed by atoms with van der Waals surface area (Å²) in [6.07, 6.45) is 6.09. The van der Waals surface area contributed by atoms with Crippen LogP contribution in [0.2, 0.25) is 0 Å². The second-order valence-corrected chi connectivity index (χ2v) is 9.37. The third kappa shape index (κ3) is 5.58. The lowest BCUT2D eigenvalue weighted by atomic mass is 9.72. The number of nitrogens with one attached hydrogen (secondary N) is 1. The number of allylic oxidation sites excluding steroid dienone is 4. The Labute approximate surface area is 162 Å². The molecule has 0 amide bonds. The molecule has 1 atom stereocenters. The molecule has 0 aliphatic carbocycles. The SMILES string of the molecule is CC(C)=C(CC(C)C(C)(C)C/C=C(\C)CC1CNC1)c1ccccc1C. The van der Waals surface area contributed by atoms with Gasteiger partial charge in [0.15, 0.2) is 0 Å². The summed E-state index contributed by atoms with van der Waals surface area (Å²) in [7, 11) is 0. The van der Waals surface area contributed by atoms with Gasteiger partial charge in [-0.25, -0.2) is 0 Å². The van der Waals surface area contributed by atoms with E-state index in [9.17, 15) is 0 Å². The summed E-state index contributed by atoms with van der Waals surface area (Å²) in [5, 5.41) is 3.38. The van der Waals surface area contributed by atoms with Crippen molar-refractivity contribution in [3.8, 4) is 0 Å². The van der Waals surface area contributed by atoms with Crippen LogP contribution in [0.4, 0.5) is 0 Å². The number of hydrogen-bond acceptors (Lipinski definition) is 1. The van der Waals surface area contributed by atoms with E-state index in [1.807, 2.05) is 0 Å². The van der Waals surface area contributed by atoms with Crippen LogP contribution in [0.25, 0.3) is 5.57 Å². The molecule has 1 saturated heterocycles. The van der Waals surface area contributed by atoms with Crippen LogP contribution in [0.3, 0.4) is 0 Å². The summed E-state index contributed by atoms with van der Waals surface area (Å²) in [4.78, 5) is 0. The molecule has 1 aliphatic heterocycles. The highest BCUT2D eigenvalue weighted by atomic mass is 14.9. The molecular formula is C25H39N. The first-order valence-corrected chi connectivity index (χ1v) is 10.3. The molecule has 1 nitrogen and oxygen atoms in total. The predicted molar refractivity (Wildman–Crippen MR) is 116 cm³/mol. The Morgan fingerprint density at radius 2 is 1.85 bits per heavy atom. The van der Waals surface area contributed by atoms with E-state index < -0.39 is 0 Å². The van der Waals surface area contributed by atoms with E-state index in [1.54, 1.807) is 5.57 Å². The summed E-state index contributed by atoms with van der Waals surface area (Å²) in [5.74, 6) is 1.51. The fourth-order valence-corrected chi connectivity index (χ4v) is 3.75. The Balaban J connectivity index is 2.05. The van der Waals surface area contributed by atoms with Gasteiger partial charge in [-0.15, -0.1) is 0 Å². The molecule has 0 saturated carbocycles. The van der Waals surface area contributed by atoms with E-state index in [0.717, 1.165) is 12.3 Å². The van der Waals surface area contributed by atoms with E-state index >= 15 is 0 Å². The zero-order valence-electron chi connectivity index (χ0n) is 18.1. The van der Waals surface area contributed by atoms with Gasteiger partial charge in [-0.1, -0.05) is 62.3 Å². The van der Waals surface area contributed by atoms with Crippen LogP contribution in [0.15, 0.2) is 41.5 Å². The van der Waals surface area contributed by atoms with Gasteiger partial charge in [-0.05, 0) is 94.0 Å². The van der Waals surface area contributed by atoms with E-state index in [1.165, 1.54) is 48.2 Å². The highest BCUT2D eigenvalue weighted by Crippen LogP contribution is 2.39. The van der Waals surface area contributed by atoms with Crippen LogP contribution >= 0.6 is 0 Å². The van der Waals surface area contributed by atoms with Crippen molar-refractivity contribution in [3.63, 3.8) is 0 Å². The lowest BCUT2D eigenvalue weighted by molar-refractivity contribution is 0.237. The second kappa shape index (κ2) is 9.04. The first-order valence-electron chi connectivity index (χ1n) is 10.3. The molecule has 1 aliphatic rings. The van der Waals surface area contributed by atoms with Crippen LogP contribution < -0.4 is 5.32 Å². The molecule has 0 bridgehead atoms. The molecule has 1 heterocycles. The minimum absolute atomic E-state index is 0.308. The fraction of sp³-hybridized carbons (Fsp3) is 0.600. The molecule has 1 fully saturated rings. The second-order valence-electron chi connectivity index (χ2n) is 9.37. The molecular weight excluding hydrogens is 314 g/mol. The van der Waals surface area contributed by atoms with Gasteiger partial charge in [0, 0.05) is 0 Å². The smallest absolute Gasteiger partial charge is 0.000518 e. The topological polar surface area (TPSA) is 12.0 Å². The average Bonchev–Trinajstić information content (AvgIpc) is 2.54. The average molecular weight is 354 g/mol. The lowest BCUT2D eigenvalue weighted by Gasteiger charge is -2.33. The minimum Gasteiger partial charge on any atom is -0.316 e. The largest absolute Gasteiger partial charge is 0.316 e. The Morgan fingerprint density at radius 1 is 1.19 bits per heavy atom. The van der Waals surface area contributed by atoms with Gasteiger partial charge in [-0.3, -0.25) is 0 Å². The van der Waals surface area contributed by atoms with Crippen LogP contribution in [0.5, 0.6) is 0 Å². The van der Waals surface area contributed by atoms with Gasteiger partial charge in [0.1, 0.15) is 0 Å². The van der Waals surface area contributed by atoms with Gasteiger partial charge in [0.05, 0.1) is 0 Å². The molecule has 1 unspecified atom stereocenters. The van der Waals surface area contributed by atoms with Crippen molar-refractivity contribution in [2.45, 2.75) is 67.7 Å². The quantitative estimate of drug-likeness (QED) is 0.507. The molecule has 0 spiro atoms. The molecule has 26 heavy (non-hydrogen) atoms. The normalized spacial score (nSPS) is 17.0. The zero-order chi connectivity index (χ0) is 19.3. The summed E-state index contributed by atoms with van der Waals surface area (Å²) < 4.78 is 0. The van der Waals surface area contributed by atoms with E-state index in [0.29, 0.717) is 11.3 Å². The van der Waals surface area contributed by atoms with Crippen LogP contribution in [-0.4, -0.2) is 13.1 Å². The van der Waals surface area contributed by atoms with Crippen LogP contribution in [0.1, 0.15) is 71.9 Å². The summed E-state index contributed by atoms with van der Waals surface area (Å²) in [6.45, 7) is 18.8. The Bertz CT molecular complexity index is 654. The van der Waals surface area contributed by atoms with Crippen molar-refractivity contribution >= 4 is 5.57 Å². The number of rotatable bonds is 8. The van der Waals surface area contributed by atoms with Gasteiger partial charge >= 0.3 is 0 Å². The number of hydrogen-bond donors (Lipinski definition) is 1. The highest BCUT2D eigenvalue weighted by Gasteiger charge is 2.26. The zero-order valence-corrected chi connectivity index (χ0v) is 18.1. The summed E-state index contributed by atoms with van der Waals surface area (Å²) in [6, 6.07) is 8.83. The van der Waals surface area contributed by atoms with E-state index in [4.69, 9.17) is 0 Å². The molecule has 1 aromatic carbocycles. The molecule has 1 aromatic rings.